The molecule has 1 aromatic heterocycles. The summed E-state index contributed by atoms with van der Waals surface area (Å²) in [5.74, 6) is -0.335. The van der Waals surface area contributed by atoms with Gasteiger partial charge >= 0.3 is 0 Å². The van der Waals surface area contributed by atoms with Crippen molar-refractivity contribution in [3.63, 3.8) is 0 Å². The third-order valence-electron chi connectivity index (χ3n) is 3.51. The van der Waals surface area contributed by atoms with E-state index in [2.05, 4.69) is 4.98 Å². The van der Waals surface area contributed by atoms with Crippen LogP contribution in [0.3, 0.4) is 0 Å². The lowest BCUT2D eigenvalue weighted by Gasteiger charge is -2.15. The second-order valence-corrected chi connectivity index (χ2v) is 4.96. The molecule has 1 aliphatic heterocycles. The van der Waals surface area contributed by atoms with Crippen LogP contribution in [0.15, 0.2) is 30.3 Å². The largest absolute Gasteiger partial charge is 0.398 e. The number of fused-ring (bicyclic) bond motifs is 1. The number of nitrogens with two attached hydrogens (primary N) is 1. The Balaban J connectivity index is 1.96. The smallest absolute Gasteiger partial charge is 0.272 e. The van der Waals surface area contributed by atoms with Gasteiger partial charge in [0.25, 0.3) is 5.91 Å². The number of para-hydroxylation sites is 1. The molecule has 4 N–H and O–H groups in total. The Labute approximate surface area is 115 Å². The van der Waals surface area contributed by atoms with Gasteiger partial charge in [0.2, 0.25) is 0 Å². The molecule has 1 aromatic carbocycles. The van der Waals surface area contributed by atoms with Crippen molar-refractivity contribution in [3.8, 4) is 0 Å². The van der Waals surface area contributed by atoms with Crippen LogP contribution in [0.4, 0.5) is 5.69 Å². The summed E-state index contributed by atoms with van der Waals surface area (Å²) in [7, 11) is 0. The molecule has 2 heterocycles. The summed E-state index contributed by atoms with van der Waals surface area (Å²) in [5, 5.41) is 19.8. The number of pyridine rings is 1. The summed E-state index contributed by atoms with van der Waals surface area (Å²) in [4.78, 5) is 18.0. The Hall–Kier alpha value is -2.18. The molecule has 2 unspecified atom stereocenters. The number of aliphatic hydroxyl groups excluding tert-OH is 2. The highest BCUT2D eigenvalue weighted by molar-refractivity contribution is 5.99. The van der Waals surface area contributed by atoms with Crippen LogP contribution in [0.5, 0.6) is 0 Å². The lowest BCUT2D eigenvalue weighted by molar-refractivity contribution is 0.0572. The lowest BCUT2D eigenvalue weighted by Crippen LogP contribution is -2.30. The molecule has 1 aliphatic rings. The van der Waals surface area contributed by atoms with E-state index in [9.17, 15) is 15.0 Å². The van der Waals surface area contributed by atoms with Gasteiger partial charge in [-0.1, -0.05) is 18.2 Å². The number of aliphatic hydroxyl groups is 2. The molecular formula is C14H15N3O3. The standard InChI is InChI=1S/C14H15N3O3/c15-9-5-11(16-10-4-2-1-3-8(9)10)14(20)17-6-12(18)13(19)7-17/h1-5,12-13,18-19H,6-7H2,(H2,15,16). The van der Waals surface area contributed by atoms with E-state index in [1.165, 1.54) is 11.0 Å². The van der Waals surface area contributed by atoms with E-state index in [0.29, 0.717) is 11.2 Å². The fourth-order valence-corrected chi connectivity index (χ4v) is 2.41. The van der Waals surface area contributed by atoms with Gasteiger partial charge in [-0.3, -0.25) is 4.79 Å². The molecule has 3 rings (SSSR count). The SMILES string of the molecule is Nc1cc(C(=O)N2CC(O)C(O)C2)nc2ccccc12. The molecule has 20 heavy (non-hydrogen) atoms. The van der Waals surface area contributed by atoms with Crippen molar-refractivity contribution in [1.29, 1.82) is 0 Å². The van der Waals surface area contributed by atoms with Crippen LogP contribution in [0, 0.1) is 0 Å². The Bertz CT molecular complexity index is 664. The molecule has 1 fully saturated rings. The second-order valence-electron chi connectivity index (χ2n) is 4.96. The Morgan fingerprint density at radius 3 is 2.60 bits per heavy atom. The lowest BCUT2D eigenvalue weighted by atomic mass is 10.1. The van der Waals surface area contributed by atoms with Gasteiger partial charge in [0.1, 0.15) is 5.69 Å². The average molecular weight is 273 g/mol. The van der Waals surface area contributed by atoms with Crippen molar-refractivity contribution >= 4 is 22.5 Å². The number of benzene rings is 1. The predicted molar refractivity (Wildman–Crippen MR) is 74.1 cm³/mol. The second kappa shape index (κ2) is 4.73. The van der Waals surface area contributed by atoms with Crippen LogP contribution >= 0.6 is 0 Å². The maximum atomic E-state index is 12.3. The molecule has 104 valence electrons. The third kappa shape index (κ3) is 2.09. The monoisotopic (exact) mass is 273 g/mol. The summed E-state index contributed by atoms with van der Waals surface area (Å²) in [6, 6.07) is 8.84. The average Bonchev–Trinajstić information content (AvgIpc) is 2.78. The predicted octanol–water partition coefficient (Wildman–Crippen LogP) is -0.00540. The van der Waals surface area contributed by atoms with Gasteiger partial charge in [-0.05, 0) is 12.1 Å². The van der Waals surface area contributed by atoms with Crippen molar-refractivity contribution < 1.29 is 15.0 Å². The van der Waals surface area contributed by atoms with Crippen molar-refractivity contribution in [1.82, 2.24) is 9.88 Å². The number of hydrogen-bond acceptors (Lipinski definition) is 5. The molecule has 0 bridgehead atoms. The van der Waals surface area contributed by atoms with Crippen LogP contribution in [0.25, 0.3) is 10.9 Å². The maximum Gasteiger partial charge on any atom is 0.272 e. The molecule has 2 atom stereocenters. The number of nitrogens with zero attached hydrogens (tertiary/aromatic N) is 2. The molecular weight excluding hydrogens is 258 g/mol. The van der Waals surface area contributed by atoms with Crippen LogP contribution in [-0.4, -0.2) is 51.3 Å². The topological polar surface area (TPSA) is 99.7 Å². The van der Waals surface area contributed by atoms with Gasteiger partial charge in [0.05, 0.1) is 17.7 Å². The number of aromatic nitrogens is 1. The third-order valence-corrected chi connectivity index (χ3v) is 3.51. The highest BCUT2D eigenvalue weighted by Gasteiger charge is 2.33. The molecule has 0 radical (unpaired) electrons. The molecule has 6 heteroatoms. The summed E-state index contributed by atoms with van der Waals surface area (Å²) in [6.07, 6.45) is -1.81. The van der Waals surface area contributed by atoms with Crippen LogP contribution in [0.1, 0.15) is 10.5 Å². The number of anilines is 1. The van der Waals surface area contributed by atoms with E-state index in [4.69, 9.17) is 5.73 Å². The van der Waals surface area contributed by atoms with E-state index in [1.54, 1.807) is 6.07 Å². The summed E-state index contributed by atoms with van der Waals surface area (Å²) >= 11 is 0. The summed E-state index contributed by atoms with van der Waals surface area (Å²) in [5.41, 5.74) is 7.30. The zero-order valence-corrected chi connectivity index (χ0v) is 10.7. The highest BCUT2D eigenvalue weighted by atomic mass is 16.3. The Morgan fingerprint density at radius 2 is 1.90 bits per heavy atom. The highest BCUT2D eigenvalue weighted by Crippen LogP contribution is 2.22. The van der Waals surface area contributed by atoms with Gasteiger partial charge in [0, 0.05) is 24.2 Å². The van der Waals surface area contributed by atoms with E-state index < -0.39 is 12.2 Å². The van der Waals surface area contributed by atoms with Crippen molar-refractivity contribution in [2.75, 3.05) is 18.8 Å². The number of β-amino-alcohol motifs (C(OH)–C–C–N with tert-alkyl or cyclic N) is 2. The fraction of sp³-hybridized carbons (Fsp3) is 0.286. The summed E-state index contributed by atoms with van der Waals surface area (Å²) in [6.45, 7) is 0.211. The molecule has 0 saturated carbocycles. The molecule has 1 saturated heterocycles. The Morgan fingerprint density at radius 1 is 1.25 bits per heavy atom. The molecule has 0 aliphatic carbocycles. The normalized spacial score (nSPS) is 22.4. The minimum Gasteiger partial charge on any atom is -0.398 e. The number of hydrogen-bond donors (Lipinski definition) is 3. The number of amides is 1. The van der Waals surface area contributed by atoms with Crippen molar-refractivity contribution in [2.45, 2.75) is 12.2 Å². The first-order valence-corrected chi connectivity index (χ1v) is 6.37. The van der Waals surface area contributed by atoms with E-state index in [0.717, 1.165) is 5.39 Å². The molecule has 1 amide bonds. The minimum atomic E-state index is -0.906. The number of likely N-dealkylation sites (tertiary alicyclic amines) is 1. The van der Waals surface area contributed by atoms with E-state index in [1.807, 2.05) is 18.2 Å². The zero-order valence-electron chi connectivity index (χ0n) is 10.7. The number of rotatable bonds is 1. The molecule has 6 nitrogen and oxygen atoms in total. The molecule has 0 spiro atoms. The first kappa shape index (κ1) is 12.8. The van der Waals surface area contributed by atoms with E-state index >= 15 is 0 Å². The summed E-state index contributed by atoms with van der Waals surface area (Å²) < 4.78 is 0. The van der Waals surface area contributed by atoms with Gasteiger partial charge in [-0.15, -0.1) is 0 Å². The van der Waals surface area contributed by atoms with Crippen molar-refractivity contribution in [2.24, 2.45) is 0 Å². The minimum absolute atomic E-state index is 0.106. The Kier molecular flexibility index (Phi) is 3.04. The van der Waals surface area contributed by atoms with Crippen LogP contribution < -0.4 is 5.73 Å². The number of carbonyl (C=O) groups is 1. The quantitative estimate of drug-likeness (QED) is 0.679. The number of nitrogen functional groups attached to an aromatic ring is 1. The maximum absolute atomic E-state index is 12.3. The van der Waals surface area contributed by atoms with E-state index in [-0.39, 0.29) is 24.7 Å². The van der Waals surface area contributed by atoms with Crippen LogP contribution in [-0.2, 0) is 0 Å². The van der Waals surface area contributed by atoms with Crippen LogP contribution in [0.2, 0.25) is 0 Å². The fourth-order valence-electron chi connectivity index (χ4n) is 2.41. The first-order valence-electron chi connectivity index (χ1n) is 6.37. The zero-order chi connectivity index (χ0) is 14.3. The molecule has 2 aromatic rings. The first-order chi connectivity index (χ1) is 9.56. The van der Waals surface area contributed by atoms with Gasteiger partial charge in [-0.25, -0.2) is 4.98 Å². The number of carbonyl (C=O) groups excluding carboxylic acids is 1. The van der Waals surface area contributed by atoms with Gasteiger partial charge in [-0.2, -0.15) is 0 Å². The van der Waals surface area contributed by atoms with Gasteiger partial charge < -0.3 is 20.8 Å². The van der Waals surface area contributed by atoms with Crippen molar-refractivity contribution in [3.05, 3.63) is 36.0 Å². The van der Waals surface area contributed by atoms with Gasteiger partial charge in [0.15, 0.2) is 0 Å².